The van der Waals surface area contributed by atoms with E-state index >= 15 is 0 Å². The molecule has 1 heterocycles. The fourth-order valence-electron chi connectivity index (χ4n) is 0.764. The van der Waals surface area contributed by atoms with Crippen molar-refractivity contribution in [2.45, 2.75) is 17.9 Å². The van der Waals surface area contributed by atoms with Gasteiger partial charge < -0.3 is 0 Å². The zero-order valence-corrected chi connectivity index (χ0v) is 8.53. The Kier molecular flexibility index (Phi) is 4.06. The number of rotatable bonds is 4. The zero-order valence-electron chi connectivity index (χ0n) is 6.96. The highest BCUT2D eigenvalue weighted by Crippen LogP contribution is 2.29. The number of nitrogens with zero attached hydrogens (tertiary/aromatic N) is 3. The molecule has 0 fully saturated rings. The lowest BCUT2D eigenvalue weighted by atomic mass is 10.5. The van der Waals surface area contributed by atoms with Crippen molar-refractivity contribution in [3.05, 3.63) is 11.9 Å². The molecule has 0 aliphatic rings. The van der Waals surface area contributed by atoms with Crippen LogP contribution >= 0.6 is 23.4 Å². The predicted molar refractivity (Wildman–Crippen MR) is 48.1 cm³/mol. The van der Waals surface area contributed by atoms with Crippen LogP contribution in [0.25, 0.3) is 0 Å². The van der Waals surface area contributed by atoms with Crippen molar-refractivity contribution in [2.24, 2.45) is 0 Å². The Morgan fingerprint density at radius 1 is 1.50 bits per heavy atom. The molecule has 80 valence electrons. The summed E-state index contributed by atoms with van der Waals surface area (Å²) >= 11 is 5.37. The lowest BCUT2D eigenvalue weighted by Gasteiger charge is -2.04. The van der Waals surface area contributed by atoms with Crippen LogP contribution in [0.5, 0.6) is 0 Å². The van der Waals surface area contributed by atoms with Crippen LogP contribution in [0.1, 0.15) is 5.69 Å². The van der Waals surface area contributed by atoms with Gasteiger partial charge in [-0.1, -0.05) is 5.21 Å². The summed E-state index contributed by atoms with van der Waals surface area (Å²) in [6, 6.07) is 0. The topological polar surface area (TPSA) is 30.7 Å². The van der Waals surface area contributed by atoms with E-state index in [4.69, 9.17) is 11.6 Å². The van der Waals surface area contributed by atoms with E-state index in [1.54, 1.807) is 0 Å². The fraction of sp³-hybridized carbons (Fsp3) is 0.667. The normalized spacial score (nSPS) is 12.0. The third kappa shape index (κ3) is 4.19. The molecule has 8 heteroatoms. The van der Waals surface area contributed by atoms with Crippen molar-refractivity contribution in [3.63, 3.8) is 0 Å². The molecule has 0 radical (unpaired) electrons. The maximum Gasteiger partial charge on any atom is 0.441 e. The highest BCUT2D eigenvalue weighted by Gasteiger charge is 2.27. The van der Waals surface area contributed by atoms with Gasteiger partial charge in [-0.2, -0.15) is 13.2 Å². The first kappa shape index (κ1) is 11.6. The number of hydrogen-bond acceptors (Lipinski definition) is 3. The van der Waals surface area contributed by atoms with E-state index in [9.17, 15) is 13.2 Å². The zero-order chi connectivity index (χ0) is 10.6. The molecule has 0 atom stereocenters. The molecule has 0 bridgehead atoms. The van der Waals surface area contributed by atoms with E-state index in [2.05, 4.69) is 10.3 Å². The molecule has 0 spiro atoms. The van der Waals surface area contributed by atoms with Crippen molar-refractivity contribution < 1.29 is 13.2 Å². The Morgan fingerprint density at radius 2 is 2.21 bits per heavy atom. The van der Waals surface area contributed by atoms with Gasteiger partial charge in [0.05, 0.1) is 18.1 Å². The summed E-state index contributed by atoms with van der Waals surface area (Å²) in [5, 5.41) is 7.25. The van der Waals surface area contributed by atoms with Gasteiger partial charge in [-0.15, -0.1) is 16.7 Å². The molecule has 0 amide bonds. The lowest BCUT2D eigenvalue weighted by molar-refractivity contribution is -0.0328. The van der Waals surface area contributed by atoms with Crippen LogP contribution in [-0.4, -0.2) is 26.3 Å². The van der Waals surface area contributed by atoms with Gasteiger partial charge in [0.15, 0.2) is 0 Å². The highest BCUT2D eigenvalue weighted by atomic mass is 35.5. The molecule has 1 rings (SSSR count). The smallest absolute Gasteiger partial charge is 0.251 e. The largest absolute Gasteiger partial charge is 0.441 e. The van der Waals surface area contributed by atoms with Crippen molar-refractivity contribution in [3.8, 4) is 0 Å². The molecule has 0 aliphatic carbocycles. The minimum absolute atomic E-state index is 0.0748. The van der Waals surface area contributed by atoms with E-state index in [1.807, 2.05) is 0 Å². The molecule has 0 aliphatic heterocycles. The number of thioether (sulfide) groups is 1. The Morgan fingerprint density at radius 3 is 2.71 bits per heavy atom. The van der Waals surface area contributed by atoms with Gasteiger partial charge in [-0.05, 0) is 11.8 Å². The minimum Gasteiger partial charge on any atom is -0.251 e. The van der Waals surface area contributed by atoms with E-state index in [-0.39, 0.29) is 29.9 Å². The van der Waals surface area contributed by atoms with Crippen LogP contribution in [-0.2, 0) is 12.4 Å². The number of alkyl halides is 4. The number of hydrogen-bond donors (Lipinski definition) is 0. The molecule has 3 nitrogen and oxygen atoms in total. The van der Waals surface area contributed by atoms with Crippen LogP contribution in [0, 0.1) is 0 Å². The summed E-state index contributed by atoms with van der Waals surface area (Å²) in [5.74, 6) is 0.140. The predicted octanol–water partition coefficient (Wildman–Crippen LogP) is 2.27. The number of aryl methyl sites for hydroxylation is 1. The van der Waals surface area contributed by atoms with E-state index in [0.717, 1.165) is 0 Å². The minimum atomic E-state index is -4.18. The first-order valence-corrected chi connectivity index (χ1v) is 5.19. The summed E-state index contributed by atoms with van der Waals surface area (Å²) in [4.78, 5) is 0. The summed E-state index contributed by atoms with van der Waals surface area (Å²) in [5.41, 5.74) is -3.63. The monoisotopic (exact) mass is 245 g/mol. The Hall–Kier alpha value is -0.430. The Bertz CT molecular complexity index is 288. The van der Waals surface area contributed by atoms with Gasteiger partial charge in [-0.3, -0.25) is 4.68 Å². The average Bonchev–Trinajstić information content (AvgIpc) is 2.50. The number of halogens is 4. The molecule has 14 heavy (non-hydrogen) atoms. The summed E-state index contributed by atoms with van der Waals surface area (Å²) in [6.07, 6.45) is 1.53. The van der Waals surface area contributed by atoms with E-state index < -0.39 is 5.51 Å². The molecule has 0 aromatic carbocycles. The quantitative estimate of drug-likeness (QED) is 0.763. The summed E-state index contributed by atoms with van der Waals surface area (Å²) in [7, 11) is 0. The van der Waals surface area contributed by atoms with Crippen molar-refractivity contribution in [1.82, 2.24) is 15.0 Å². The molecular weight excluding hydrogens is 239 g/mol. The fourth-order valence-corrected chi connectivity index (χ4v) is 1.40. The van der Waals surface area contributed by atoms with Crippen LogP contribution in [0.15, 0.2) is 6.20 Å². The van der Waals surface area contributed by atoms with Crippen molar-refractivity contribution >= 4 is 23.4 Å². The number of aromatic nitrogens is 3. The molecule has 0 saturated carbocycles. The van der Waals surface area contributed by atoms with Crippen LogP contribution in [0.4, 0.5) is 13.2 Å². The lowest BCUT2D eigenvalue weighted by Crippen LogP contribution is -2.07. The highest BCUT2D eigenvalue weighted by molar-refractivity contribution is 8.00. The van der Waals surface area contributed by atoms with Gasteiger partial charge in [0, 0.05) is 11.9 Å². The van der Waals surface area contributed by atoms with Gasteiger partial charge in [0.2, 0.25) is 0 Å². The molecule has 0 saturated heterocycles. The van der Waals surface area contributed by atoms with Crippen molar-refractivity contribution in [2.75, 3.05) is 5.75 Å². The van der Waals surface area contributed by atoms with Crippen LogP contribution in [0.2, 0.25) is 0 Å². The van der Waals surface area contributed by atoms with Gasteiger partial charge >= 0.3 is 5.51 Å². The molecule has 0 unspecified atom stereocenters. The van der Waals surface area contributed by atoms with Gasteiger partial charge in [0.1, 0.15) is 0 Å². The van der Waals surface area contributed by atoms with E-state index in [0.29, 0.717) is 5.69 Å². The van der Waals surface area contributed by atoms with E-state index in [1.165, 1.54) is 10.9 Å². The Labute approximate surface area is 87.6 Å². The van der Waals surface area contributed by atoms with Crippen LogP contribution < -0.4 is 0 Å². The summed E-state index contributed by atoms with van der Waals surface area (Å²) < 4.78 is 36.5. The first-order valence-electron chi connectivity index (χ1n) is 3.67. The van der Waals surface area contributed by atoms with Gasteiger partial charge in [0.25, 0.3) is 0 Å². The van der Waals surface area contributed by atoms with Crippen molar-refractivity contribution in [1.29, 1.82) is 0 Å². The average molecular weight is 246 g/mol. The Balaban J connectivity index is 2.31. The third-order valence-corrected chi connectivity index (χ3v) is 2.30. The second-order valence-corrected chi connectivity index (χ2v) is 3.83. The third-order valence-electron chi connectivity index (χ3n) is 1.31. The maximum atomic E-state index is 11.7. The molecule has 0 N–H and O–H groups in total. The second-order valence-electron chi connectivity index (χ2n) is 2.40. The second kappa shape index (κ2) is 4.88. The standard InChI is InChI=1S/C6H7ClF3N3S/c7-3-5-4-13(12-11-5)1-2-14-6(8,9)10/h4H,1-3H2. The van der Waals surface area contributed by atoms with Crippen LogP contribution in [0.3, 0.4) is 0 Å². The first-order chi connectivity index (χ1) is 6.51. The molecule has 1 aromatic heterocycles. The molecular formula is C6H7ClF3N3S. The molecule has 1 aromatic rings. The SMILES string of the molecule is FC(F)(F)SCCn1cc(CCl)nn1. The maximum absolute atomic E-state index is 11.7. The summed E-state index contributed by atoms with van der Waals surface area (Å²) in [6.45, 7) is 0.175. The van der Waals surface area contributed by atoms with Gasteiger partial charge in [-0.25, -0.2) is 0 Å².